The zero-order valence-electron chi connectivity index (χ0n) is 16.2. The molecule has 0 aliphatic rings. The van der Waals surface area contributed by atoms with Crippen LogP contribution < -0.4 is 19.5 Å². The number of amides is 1. The summed E-state index contributed by atoms with van der Waals surface area (Å²) in [5.41, 5.74) is 0.690. The molecule has 8 nitrogen and oxygen atoms in total. The van der Waals surface area contributed by atoms with Gasteiger partial charge in [0.05, 0.1) is 24.7 Å². The van der Waals surface area contributed by atoms with Crippen molar-refractivity contribution in [1.82, 2.24) is 5.32 Å². The predicted molar refractivity (Wildman–Crippen MR) is 104 cm³/mol. The maximum atomic E-state index is 12.6. The first kappa shape index (κ1) is 21.0. The first-order chi connectivity index (χ1) is 13.5. The van der Waals surface area contributed by atoms with Crippen LogP contribution in [0.5, 0.6) is 17.2 Å². The average molecular weight is 388 g/mol. The Labute approximate surface area is 163 Å². The fourth-order valence-electron chi connectivity index (χ4n) is 2.64. The first-order valence-electron chi connectivity index (χ1n) is 9.08. The Morgan fingerprint density at radius 1 is 1.00 bits per heavy atom. The molecule has 0 saturated heterocycles. The van der Waals surface area contributed by atoms with Crippen LogP contribution in [0.2, 0.25) is 0 Å². The maximum Gasteiger partial charge on any atom is 0.274 e. The second-order valence-electron chi connectivity index (χ2n) is 5.67. The molecule has 28 heavy (non-hydrogen) atoms. The maximum absolute atomic E-state index is 12.6. The van der Waals surface area contributed by atoms with Crippen molar-refractivity contribution in [2.24, 2.45) is 0 Å². The number of hydrogen-bond donors (Lipinski definition) is 1. The molecular weight excluding hydrogens is 364 g/mol. The summed E-state index contributed by atoms with van der Waals surface area (Å²) in [5.74, 6) is 0.863. The Balaban J connectivity index is 2.28. The van der Waals surface area contributed by atoms with E-state index in [0.29, 0.717) is 48.2 Å². The van der Waals surface area contributed by atoms with Crippen molar-refractivity contribution in [3.05, 3.63) is 57.6 Å². The van der Waals surface area contributed by atoms with Gasteiger partial charge in [0.25, 0.3) is 11.6 Å². The standard InChI is InChI=1S/C20H24N2O6/c1-4-26-17-11-15(12-18(27-5-2)19(17)28-6-3)20(23)21-13-14-9-7-8-10-16(14)22(24)25/h7-12H,4-6,13H2,1-3H3,(H,21,23). The van der Waals surface area contributed by atoms with Crippen LogP contribution >= 0.6 is 0 Å². The highest BCUT2D eigenvalue weighted by Crippen LogP contribution is 2.39. The Bertz CT molecular complexity index is 810. The third-order valence-corrected chi connectivity index (χ3v) is 3.80. The van der Waals surface area contributed by atoms with Crippen LogP contribution in [0.15, 0.2) is 36.4 Å². The predicted octanol–water partition coefficient (Wildman–Crippen LogP) is 3.72. The molecule has 0 saturated carbocycles. The molecule has 0 aliphatic heterocycles. The van der Waals surface area contributed by atoms with Crippen LogP contribution in [0.1, 0.15) is 36.7 Å². The third-order valence-electron chi connectivity index (χ3n) is 3.80. The highest BCUT2D eigenvalue weighted by Gasteiger charge is 2.19. The minimum Gasteiger partial charge on any atom is -0.490 e. The highest BCUT2D eigenvalue weighted by atomic mass is 16.6. The summed E-state index contributed by atoms with van der Waals surface area (Å²) in [6, 6.07) is 9.43. The number of nitro benzene ring substituents is 1. The van der Waals surface area contributed by atoms with Crippen LogP contribution in [-0.2, 0) is 6.54 Å². The average Bonchev–Trinajstić information content (AvgIpc) is 2.68. The molecule has 8 heteroatoms. The van der Waals surface area contributed by atoms with Gasteiger partial charge >= 0.3 is 0 Å². The van der Waals surface area contributed by atoms with Crippen LogP contribution in [0.3, 0.4) is 0 Å². The highest BCUT2D eigenvalue weighted by molar-refractivity contribution is 5.95. The molecule has 0 radical (unpaired) electrons. The first-order valence-corrected chi connectivity index (χ1v) is 9.08. The van der Waals surface area contributed by atoms with E-state index < -0.39 is 10.8 Å². The molecule has 2 aromatic rings. The zero-order chi connectivity index (χ0) is 20.5. The molecule has 0 heterocycles. The number of ether oxygens (including phenoxy) is 3. The summed E-state index contributed by atoms with van der Waals surface area (Å²) in [4.78, 5) is 23.3. The summed E-state index contributed by atoms with van der Waals surface area (Å²) in [7, 11) is 0. The molecule has 0 spiro atoms. The number of nitrogens with zero attached hydrogens (tertiary/aromatic N) is 1. The molecule has 150 valence electrons. The Hall–Kier alpha value is -3.29. The van der Waals surface area contributed by atoms with Crippen LogP contribution in [0, 0.1) is 10.1 Å². The van der Waals surface area contributed by atoms with E-state index in [4.69, 9.17) is 14.2 Å². The lowest BCUT2D eigenvalue weighted by molar-refractivity contribution is -0.385. The minimum atomic E-state index is -0.473. The third kappa shape index (κ3) is 5.12. The minimum absolute atomic E-state index is 0.0249. The molecule has 1 N–H and O–H groups in total. The topological polar surface area (TPSA) is 99.9 Å². The van der Waals surface area contributed by atoms with Gasteiger partial charge in [-0.05, 0) is 32.9 Å². The number of benzene rings is 2. The van der Waals surface area contributed by atoms with E-state index in [-0.39, 0.29) is 12.2 Å². The van der Waals surface area contributed by atoms with Crippen molar-refractivity contribution in [3.63, 3.8) is 0 Å². The molecule has 2 rings (SSSR count). The molecule has 0 bridgehead atoms. The van der Waals surface area contributed by atoms with Gasteiger partial charge in [0.2, 0.25) is 5.75 Å². The number of nitrogens with one attached hydrogen (secondary N) is 1. The Morgan fingerprint density at radius 2 is 1.57 bits per heavy atom. The second-order valence-corrected chi connectivity index (χ2v) is 5.67. The molecular formula is C20H24N2O6. The van der Waals surface area contributed by atoms with E-state index in [1.165, 1.54) is 6.07 Å². The van der Waals surface area contributed by atoms with Crippen LogP contribution in [0.25, 0.3) is 0 Å². The lowest BCUT2D eigenvalue weighted by Gasteiger charge is -2.17. The number of hydrogen-bond acceptors (Lipinski definition) is 6. The number of carbonyl (C=O) groups is 1. The van der Waals surface area contributed by atoms with Gasteiger partial charge < -0.3 is 19.5 Å². The number of nitro groups is 1. The monoisotopic (exact) mass is 388 g/mol. The van der Waals surface area contributed by atoms with Gasteiger partial charge in [0.1, 0.15) is 0 Å². The van der Waals surface area contributed by atoms with Gasteiger partial charge in [-0.2, -0.15) is 0 Å². The van der Waals surface area contributed by atoms with Gasteiger partial charge in [0, 0.05) is 23.7 Å². The normalized spacial score (nSPS) is 10.2. The molecule has 2 aromatic carbocycles. The molecule has 0 fully saturated rings. The summed E-state index contributed by atoms with van der Waals surface area (Å²) in [6.45, 7) is 6.74. The summed E-state index contributed by atoms with van der Waals surface area (Å²) < 4.78 is 16.8. The number of carbonyl (C=O) groups excluding carboxylic acids is 1. The molecule has 0 aliphatic carbocycles. The van der Waals surface area contributed by atoms with E-state index in [1.54, 1.807) is 30.3 Å². The smallest absolute Gasteiger partial charge is 0.274 e. The fraction of sp³-hybridized carbons (Fsp3) is 0.350. The molecule has 0 aromatic heterocycles. The van der Waals surface area contributed by atoms with Crippen molar-refractivity contribution in [2.45, 2.75) is 27.3 Å². The summed E-state index contributed by atoms with van der Waals surface area (Å²) >= 11 is 0. The van der Waals surface area contributed by atoms with Crippen molar-refractivity contribution < 1.29 is 23.9 Å². The van der Waals surface area contributed by atoms with Crippen molar-refractivity contribution in [1.29, 1.82) is 0 Å². The van der Waals surface area contributed by atoms with Gasteiger partial charge in [-0.15, -0.1) is 0 Å². The lowest BCUT2D eigenvalue weighted by Crippen LogP contribution is -2.23. The largest absolute Gasteiger partial charge is 0.490 e. The molecule has 0 atom stereocenters. The Morgan fingerprint density at radius 3 is 2.11 bits per heavy atom. The van der Waals surface area contributed by atoms with Gasteiger partial charge in [-0.3, -0.25) is 14.9 Å². The number of rotatable bonds is 10. The van der Waals surface area contributed by atoms with Gasteiger partial charge in [-0.25, -0.2) is 0 Å². The van der Waals surface area contributed by atoms with Crippen molar-refractivity contribution >= 4 is 11.6 Å². The van der Waals surface area contributed by atoms with E-state index in [0.717, 1.165) is 0 Å². The number of para-hydroxylation sites is 1. The lowest BCUT2D eigenvalue weighted by atomic mass is 10.1. The SMILES string of the molecule is CCOc1cc(C(=O)NCc2ccccc2[N+](=O)[O-])cc(OCC)c1OCC. The van der Waals surface area contributed by atoms with E-state index in [2.05, 4.69) is 5.32 Å². The quantitative estimate of drug-likeness (QED) is 0.492. The Kier molecular flexibility index (Phi) is 7.62. The van der Waals surface area contributed by atoms with Crippen molar-refractivity contribution in [3.8, 4) is 17.2 Å². The second kappa shape index (κ2) is 10.1. The molecule has 0 unspecified atom stereocenters. The van der Waals surface area contributed by atoms with E-state index in [9.17, 15) is 14.9 Å². The fourth-order valence-corrected chi connectivity index (χ4v) is 2.64. The van der Waals surface area contributed by atoms with E-state index in [1.807, 2.05) is 20.8 Å². The molecule has 1 amide bonds. The van der Waals surface area contributed by atoms with Gasteiger partial charge in [0.15, 0.2) is 11.5 Å². The van der Waals surface area contributed by atoms with Gasteiger partial charge in [-0.1, -0.05) is 18.2 Å². The van der Waals surface area contributed by atoms with Crippen LogP contribution in [-0.4, -0.2) is 30.7 Å². The van der Waals surface area contributed by atoms with E-state index >= 15 is 0 Å². The van der Waals surface area contributed by atoms with Crippen molar-refractivity contribution in [2.75, 3.05) is 19.8 Å². The van der Waals surface area contributed by atoms with Crippen LogP contribution in [0.4, 0.5) is 5.69 Å². The summed E-state index contributed by atoms with van der Waals surface area (Å²) in [5, 5.41) is 13.8. The zero-order valence-corrected chi connectivity index (χ0v) is 16.2. The summed E-state index contributed by atoms with van der Waals surface area (Å²) in [6.07, 6.45) is 0.